The van der Waals surface area contributed by atoms with Gasteiger partial charge >= 0.3 is 6.09 Å². The lowest BCUT2D eigenvalue weighted by Crippen LogP contribution is -2.42. The topological polar surface area (TPSA) is 63.7 Å². The normalized spacial score (nSPS) is 27.3. The van der Waals surface area contributed by atoms with Gasteiger partial charge in [-0.15, -0.1) is 0 Å². The number of imide groups is 1. The Labute approximate surface area is 79.6 Å². The van der Waals surface area contributed by atoms with Crippen LogP contribution in [0.3, 0.4) is 0 Å². The van der Waals surface area contributed by atoms with Gasteiger partial charge in [-0.3, -0.25) is 9.59 Å². The zero-order valence-electron chi connectivity index (χ0n) is 7.11. The molecule has 0 spiro atoms. The van der Waals surface area contributed by atoms with Crippen molar-refractivity contribution in [3.05, 3.63) is 0 Å². The summed E-state index contributed by atoms with van der Waals surface area (Å²) in [6.07, 6.45) is -1.50. The van der Waals surface area contributed by atoms with Crippen molar-refractivity contribution in [3.8, 4) is 0 Å². The molecule has 0 bridgehead atoms. The molecule has 0 aromatic heterocycles. The molecule has 2 amide bonds. The summed E-state index contributed by atoms with van der Waals surface area (Å²) in [5.41, 5.74) is 0. The van der Waals surface area contributed by atoms with E-state index < -0.39 is 29.4 Å². The minimum atomic E-state index is -0.994. The van der Waals surface area contributed by atoms with E-state index in [1.807, 2.05) is 0 Å². The maximum absolute atomic E-state index is 11.0. The van der Waals surface area contributed by atoms with E-state index in [1.54, 1.807) is 0 Å². The van der Waals surface area contributed by atoms with Crippen molar-refractivity contribution in [1.82, 2.24) is 4.90 Å². The van der Waals surface area contributed by atoms with E-state index in [1.165, 1.54) is 13.8 Å². The molecule has 5 nitrogen and oxygen atoms in total. The molecule has 0 saturated carbocycles. The highest BCUT2D eigenvalue weighted by Crippen LogP contribution is 2.21. The quantitative estimate of drug-likeness (QED) is 0.585. The largest absolute Gasteiger partial charge is 0.443 e. The molecule has 0 aliphatic carbocycles. The zero-order chi connectivity index (χ0) is 10.2. The van der Waals surface area contributed by atoms with Crippen LogP contribution in [-0.2, 0) is 14.3 Å². The summed E-state index contributed by atoms with van der Waals surface area (Å²) in [6, 6.07) is -0.994. The van der Waals surface area contributed by atoms with Gasteiger partial charge in [-0.1, -0.05) is 0 Å². The van der Waals surface area contributed by atoms with Crippen molar-refractivity contribution in [2.45, 2.75) is 26.0 Å². The molecule has 2 unspecified atom stereocenters. The predicted molar refractivity (Wildman–Crippen MR) is 43.1 cm³/mol. The van der Waals surface area contributed by atoms with Crippen LogP contribution in [0.15, 0.2) is 0 Å². The Balaban J connectivity index is 2.96. The second-order valence-corrected chi connectivity index (χ2v) is 3.10. The third-order valence-electron chi connectivity index (χ3n) is 1.78. The number of cyclic esters (lactones) is 1. The molecule has 1 rings (SSSR count). The highest BCUT2D eigenvalue weighted by molar-refractivity contribution is 6.65. The number of amides is 2. The number of rotatable bonds is 1. The van der Waals surface area contributed by atoms with Crippen molar-refractivity contribution >= 4 is 28.8 Å². The maximum atomic E-state index is 11.0. The molecule has 1 fully saturated rings. The first-order valence-electron chi connectivity index (χ1n) is 3.65. The predicted octanol–water partition coefficient (Wildman–Crippen LogP) is 0.508. The van der Waals surface area contributed by atoms with E-state index in [9.17, 15) is 14.4 Å². The van der Waals surface area contributed by atoms with Crippen molar-refractivity contribution in [2.24, 2.45) is 0 Å². The van der Waals surface area contributed by atoms with Crippen molar-refractivity contribution in [3.63, 3.8) is 0 Å². The van der Waals surface area contributed by atoms with Crippen LogP contribution in [0.5, 0.6) is 0 Å². The van der Waals surface area contributed by atoms with E-state index in [2.05, 4.69) is 4.74 Å². The van der Waals surface area contributed by atoms with E-state index in [0.29, 0.717) is 0 Å². The van der Waals surface area contributed by atoms with Gasteiger partial charge in [0.15, 0.2) is 6.04 Å². The Morgan fingerprint density at radius 3 is 2.38 bits per heavy atom. The first-order chi connectivity index (χ1) is 5.95. The minimum absolute atomic E-state index is 0.548. The lowest BCUT2D eigenvalue weighted by Gasteiger charge is -2.15. The molecular formula is C7H8ClNO4. The molecule has 0 radical (unpaired) electrons. The Kier molecular flexibility index (Phi) is 2.56. The summed E-state index contributed by atoms with van der Waals surface area (Å²) in [7, 11) is 0. The smallest absolute Gasteiger partial charge is 0.417 e. The third kappa shape index (κ3) is 1.65. The molecule has 1 aliphatic heterocycles. The van der Waals surface area contributed by atoms with Gasteiger partial charge in [0, 0.05) is 6.92 Å². The Hall–Kier alpha value is -1.10. The fraction of sp³-hybridized carbons (Fsp3) is 0.571. The molecule has 0 aromatic carbocycles. The van der Waals surface area contributed by atoms with Crippen molar-refractivity contribution in [2.75, 3.05) is 0 Å². The molecule has 1 saturated heterocycles. The Morgan fingerprint density at radius 1 is 1.54 bits per heavy atom. The SMILES string of the molecule is CC(=O)N1C(=O)OC(C)C1C(=O)Cl. The number of hydrogen-bond acceptors (Lipinski definition) is 4. The van der Waals surface area contributed by atoms with Crippen LogP contribution in [0.4, 0.5) is 4.79 Å². The van der Waals surface area contributed by atoms with Gasteiger partial charge in [-0.2, -0.15) is 0 Å². The first kappa shape index (κ1) is 9.98. The first-order valence-corrected chi connectivity index (χ1v) is 4.02. The number of carbonyl (C=O) groups is 3. The molecule has 1 aliphatic rings. The summed E-state index contributed by atoms with van der Waals surface area (Å²) < 4.78 is 4.67. The third-order valence-corrected chi connectivity index (χ3v) is 2.00. The number of carbonyl (C=O) groups excluding carboxylic acids is 3. The molecule has 0 aromatic rings. The summed E-state index contributed by atoms with van der Waals surface area (Å²) >= 11 is 5.22. The summed E-state index contributed by atoms with van der Waals surface area (Å²) in [5.74, 6) is -0.548. The van der Waals surface area contributed by atoms with Crippen molar-refractivity contribution in [1.29, 1.82) is 0 Å². The molecule has 0 N–H and O–H groups in total. The average molecular weight is 206 g/mol. The lowest BCUT2D eigenvalue weighted by atomic mass is 10.2. The summed E-state index contributed by atoms with van der Waals surface area (Å²) in [6.45, 7) is 2.68. The van der Waals surface area contributed by atoms with Crippen LogP contribution < -0.4 is 0 Å². The summed E-state index contributed by atoms with van der Waals surface area (Å²) in [5, 5.41) is -0.770. The standard InChI is InChI=1S/C7H8ClNO4/c1-3-5(6(8)11)9(4(2)10)7(12)13-3/h3,5H,1-2H3. The van der Waals surface area contributed by atoms with Crippen LogP contribution in [0.1, 0.15) is 13.8 Å². The second kappa shape index (κ2) is 3.33. The van der Waals surface area contributed by atoms with Gasteiger partial charge in [0.1, 0.15) is 6.10 Å². The zero-order valence-corrected chi connectivity index (χ0v) is 7.87. The number of hydrogen-bond donors (Lipinski definition) is 0. The molecule has 6 heteroatoms. The van der Waals surface area contributed by atoms with Crippen LogP contribution in [0, 0.1) is 0 Å². The van der Waals surface area contributed by atoms with Crippen LogP contribution in [0.25, 0.3) is 0 Å². The molecule has 1 heterocycles. The van der Waals surface area contributed by atoms with E-state index in [-0.39, 0.29) is 0 Å². The van der Waals surface area contributed by atoms with Gasteiger partial charge in [-0.05, 0) is 18.5 Å². The molecule has 72 valence electrons. The van der Waals surface area contributed by atoms with E-state index in [0.717, 1.165) is 4.90 Å². The number of nitrogens with zero attached hydrogens (tertiary/aromatic N) is 1. The molecular weight excluding hydrogens is 198 g/mol. The van der Waals surface area contributed by atoms with Gasteiger partial charge in [0.2, 0.25) is 11.1 Å². The fourth-order valence-electron chi connectivity index (χ4n) is 1.21. The van der Waals surface area contributed by atoms with Crippen LogP contribution in [0.2, 0.25) is 0 Å². The summed E-state index contributed by atoms with van der Waals surface area (Å²) in [4.78, 5) is 33.5. The fourth-order valence-corrected chi connectivity index (χ4v) is 1.49. The van der Waals surface area contributed by atoms with Crippen molar-refractivity contribution < 1.29 is 19.1 Å². The Morgan fingerprint density at radius 2 is 2.08 bits per heavy atom. The minimum Gasteiger partial charge on any atom is -0.443 e. The lowest BCUT2D eigenvalue weighted by molar-refractivity contribution is -0.130. The highest BCUT2D eigenvalue weighted by atomic mass is 35.5. The Bertz CT molecular complexity index is 278. The monoisotopic (exact) mass is 205 g/mol. The molecule has 13 heavy (non-hydrogen) atoms. The van der Waals surface area contributed by atoms with Gasteiger partial charge in [0.25, 0.3) is 0 Å². The van der Waals surface area contributed by atoms with Gasteiger partial charge in [0.05, 0.1) is 0 Å². The van der Waals surface area contributed by atoms with Crippen LogP contribution >= 0.6 is 11.6 Å². The number of ether oxygens (including phenoxy) is 1. The van der Waals surface area contributed by atoms with Gasteiger partial charge in [-0.25, -0.2) is 9.69 Å². The molecule has 2 atom stereocenters. The van der Waals surface area contributed by atoms with Gasteiger partial charge < -0.3 is 4.74 Å². The average Bonchev–Trinajstić information content (AvgIpc) is 2.24. The maximum Gasteiger partial charge on any atom is 0.417 e. The van der Waals surface area contributed by atoms with E-state index in [4.69, 9.17) is 11.6 Å². The van der Waals surface area contributed by atoms with Crippen LogP contribution in [-0.4, -0.2) is 34.3 Å². The number of halogens is 1. The van der Waals surface area contributed by atoms with E-state index >= 15 is 0 Å². The second-order valence-electron chi connectivity index (χ2n) is 2.73. The highest BCUT2D eigenvalue weighted by Gasteiger charge is 2.45.